The van der Waals surface area contributed by atoms with E-state index in [1.165, 1.54) is 30.5 Å². The maximum absolute atomic E-state index is 4.58. The molecule has 1 nitrogen and oxygen atoms in total. The van der Waals surface area contributed by atoms with Crippen LogP contribution in [0.25, 0.3) is 0 Å². The first-order valence-electron chi connectivity index (χ1n) is 5.48. The minimum Gasteiger partial charge on any atom is -0.225 e. The van der Waals surface area contributed by atoms with E-state index in [0.29, 0.717) is 0 Å². The smallest absolute Gasteiger partial charge is 0.0404 e. The predicted molar refractivity (Wildman–Crippen MR) is 67.9 cm³/mol. The summed E-state index contributed by atoms with van der Waals surface area (Å²) in [6.07, 6.45) is 7.18. The van der Waals surface area contributed by atoms with E-state index < -0.39 is 0 Å². The Morgan fingerprint density at radius 1 is 1.20 bits per heavy atom. The Morgan fingerprint density at radius 2 is 2.07 bits per heavy atom. The second-order valence-electron chi connectivity index (χ2n) is 3.80. The largest absolute Gasteiger partial charge is 0.225 e. The molecule has 0 bridgehead atoms. The van der Waals surface area contributed by atoms with E-state index in [9.17, 15) is 0 Å². The van der Waals surface area contributed by atoms with Gasteiger partial charge in [-0.1, -0.05) is 30.3 Å². The molecule has 0 aromatic heterocycles. The topological polar surface area (TPSA) is 12.4 Å². The van der Waals surface area contributed by atoms with Crippen molar-refractivity contribution in [3.8, 4) is 0 Å². The zero-order chi connectivity index (χ0) is 10.3. The summed E-state index contributed by atoms with van der Waals surface area (Å²) in [5.41, 5.74) is 2.72. The van der Waals surface area contributed by atoms with Crippen LogP contribution in [0.3, 0.4) is 0 Å². The molecule has 1 aliphatic rings. The highest BCUT2D eigenvalue weighted by Crippen LogP contribution is 2.19. The number of benzene rings is 1. The van der Waals surface area contributed by atoms with Gasteiger partial charge in [0.05, 0.1) is 0 Å². The third kappa shape index (κ3) is 3.71. The molecule has 0 aliphatic heterocycles. The van der Waals surface area contributed by atoms with Gasteiger partial charge in [0.1, 0.15) is 0 Å². The molecule has 2 heteroatoms. The van der Waals surface area contributed by atoms with Crippen molar-refractivity contribution >= 4 is 17.7 Å². The van der Waals surface area contributed by atoms with Crippen molar-refractivity contribution in [3.05, 3.63) is 42.3 Å². The molecular weight excluding hydrogens is 202 g/mol. The highest BCUT2D eigenvalue weighted by atomic mass is 32.2. The van der Waals surface area contributed by atoms with Gasteiger partial charge in [0.15, 0.2) is 0 Å². The Morgan fingerprint density at radius 3 is 2.80 bits per heavy atom. The van der Waals surface area contributed by atoms with Crippen LogP contribution >= 0.6 is 11.9 Å². The number of nitrogens with zero attached hydrogens (tertiary/aromatic N) is 1. The SMILES string of the molecule is [CH]1CCCC(=NSCc2ccccc2)C1. The average molecular weight is 218 g/mol. The zero-order valence-corrected chi connectivity index (χ0v) is 9.67. The van der Waals surface area contributed by atoms with E-state index in [2.05, 4.69) is 41.2 Å². The molecule has 1 radical (unpaired) electrons. The van der Waals surface area contributed by atoms with Crippen LogP contribution < -0.4 is 0 Å². The molecule has 0 atom stereocenters. The monoisotopic (exact) mass is 218 g/mol. The highest BCUT2D eigenvalue weighted by molar-refractivity contribution is 7.97. The molecule has 0 saturated heterocycles. The second-order valence-corrected chi connectivity index (χ2v) is 4.53. The average Bonchev–Trinajstić information content (AvgIpc) is 2.32. The lowest BCUT2D eigenvalue weighted by atomic mass is 9.99. The molecule has 15 heavy (non-hydrogen) atoms. The fraction of sp³-hybridized carbons (Fsp3) is 0.385. The Bertz CT molecular complexity index is 311. The normalized spacial score (nSPS) is 19.3. The molecule has 0 N–H and O–H groups in total. The molecule has 1 aliphatic carbocycles. The Hall–Kier alpha value is -0.760. The minimum absolute atomic E-state index is 0.990. The van der Waals surface area contributed by atoms with E-state index >= 15 is 0 Å². The molecular formula is C13H16NS. The second kappa shape index (κ2) is 5.96. The van der Waals surface area contributed by atoms with Crippen LogP contribution in [-0.4, -0.2) is 5.71 Å². The summed E-state index contributed by atoms with van der Waals surface area (Å²) in [4.78, 5) is 0. The quantitative estimate of drug-likeness (QED) is 0.697. The van der Waals surface area contributed by atoms with Gasteiger partial charge >= 0.3 is 0 Å². The van der Waals surface area contributed by atoms with Gasteiger partial charge in [-0.25, -0.2) is 4.40 Å². The summed E-state index contributed by atoms with van der Waals surface area (Å²) in [7, 11) is 0. The Labute approximate surface area is 96.1 Å². The van der Waals surface area contributed by atoms with E-state index in [1.807, 2.05) is 0 Å². The van der Waals surface area contributed by atoms with Crippen molar-refractivity contribution in [2.24, 2.45) is 4.40 Å². The van der Waals surface area contributed by atoms with Crippen LogP contribution in [0.2, 0.25) is 0 Å². The molecule has 0 amide bonds. The predicted octanol–water partition coefficient (Wildman–Crippen LogP) is 4.05. The van der Waals surface area contributed by atoms with E-state index in [1.54, 1.807) is 11.9 Å². The van der Waals surface area contributed by atoms with E-state index in [4.69, 9.17) is 0 Å². The Kier molecular flexibility index (Phi) is 4.27. The standard InChI is InChI=1S/C13H16NS/c1-3-7-12(8-4-1)11-15-14-13-9-5-2-6-10-13/h1,3-5,7-8H,2,6,9-11H2. The van der Waals surface area contributed by atoms with Crippen LogP contribution in [0, 0.1) is 6.42 Å². The van der Waals surface area contributed by atoms with Gasteiger partial charge in [-0.3, -0.25) is 0 Å². The molecule has 0 unspecified atom stereocenters. The summed E-state index contributed by atoms with van der Waals surface area (Å²) >= 11 is 1.68. The van der Waals surface area contributed by atoms with Gasteiger partial charge in [-0.2, -0.15) is 0 Å². The first kappa shape index (κ1) is 10.7. The summed E-state index contributed by atoms with van der Waals surface area (Å²) in [6, 6.07) is 10.5. The van der Waals surface area contributed by atoms with Crippen molar-refractivity contribution in [2.75, 3.05) is 0 Å². The van der Waals surface area contributed by atoms with Crippen LogP contribution in [0.4, 0.5) is 0 Å². The molecule has 79 valence electrons. The zero-order valence-electron chi connectivity index (χ0n) is 8.86. The summed E-state index contributed by atoms with van der Waals surface area (Å²) in [6.45, 7) is 0. The lowest BCUT2D eigenvalue weighted by Gasteiger charge is -2.11. The van der Waals surface area contributed by atoms with Crippen molar-refractivity contribution in [1.29, 1.82) is 0 Å². The molecule has 1 fully saturated rings. The van der Waals surface area contributed by atoms with Gasteiger partial charge in [-0.15, -0.1) is 0 Å². The molecule has 2 rings (SSSR count). The summed E-state index contributed by atoms with van der Waals surface area (Å²) in [5, 5.41) is 0. The highest BCUT2D eigenvalue weighted by Gasteiger charge is 2.06. The van der Waals surface area contributed by atoms with Gasteiger partial charge in [0.2, 0.25) is 0 Å². The third-order valence-corrected chi connectivity index (χ3v) is 3.37. The van der Waals surface area contributed by atoms with Crippen LogP contribution in [0.15, 0.2) is 34.7 Å². The fourth-order valence-corrected chi connectivity index (χ4v) is 2.43. The first-order valence-corrected chi connectivity index (χ1v) is 6.43. The van der Waals surface area contributed by atoms with E-state index in [-0.39, 0.29) is 0 Å². The van der Waals surface area contributed by atoms with Gasteiger partial charge in [0.25, 0.3) is 0 Å². The maximum Gasteiger partial charge on any atom is 0.0404 e. The van der Waals surface area contributed by atoms with Gasteiger partial charge in [0, 0.05) is 11.5 Å². The fourth-order valence-electron chi connectivity index (χ4n) is 1.68. The summed E-state index contributed by atoms with van der Waals surface area (Å²) in [5.74, 6) is 0.990. The third-order valence-electron chi connectivity index (χ3n) is 2.52. The maximum atomic E-state index is 4.58. The minimum atomic E-state index is 0.990. The lowest BCUT2D eigenvalue weighted by Crippen LogP contribution is -2.03. The van der Waals surface area contributed by atoms with Crippen molar-refractivity contribution < 1.29 is 0 Å². The molecule has 0 spiro atoms. The number of rotatable bonds is 3. The molecule has 1 aromatic carbocycles. The lowest BCUT2D eigenvalue weighted by molar-refractivity contribution is 0.787. The van der Waals surface area contributed by atoms with Crippen molar-refractivity contribution in [3.63, 3.8) is 0 Å². The van der Waals surface area contributed by atoms with Crippen LogP contribution in [-0.2, 0) is 5.75 Å². The number of hydrogen-bond donors (Lipinski definition) is 0. The van der Waals surface area contributed by atoms with Gasteiger partial charge < -0.3 is 0 Å². The molecule has 0 heterocycles. The van der Waals surface area contributed by atoms with Crippen LogP contribution in [0.1, 0.15) is 31.2 Å². The molecule has 1 aromatic rings. The first-order chi connectivity index (χ1) is 7.45. The van der Waals surface area contributed by atoms with Crippen molar-refractivity contribution in [2.45, 2.75) is 31.4 Å². The van der Waals surface area contributed by atoms with E-state index in [0.717, 1.165) is 12.2 Å². The molecule has 1 saturated carbocycles. The van der Waals surface area contributed by atoms with Gasteiger partial charge in [-0.05, 0) is 49.6 Å². The summed E-state index contributed by atoms with van der Waals surface area (Å²) < 4.78 is 4.58. The number of hydrogen-bond acceptors (Lipinski definition) is 2. The van der Waals surface area contributed by atoms with Crippen molar-refractivity contribution in [1.82, 2.24) is 0 Å². The Balaban J connectivity index is 1.78. The van der Waals surface area contributed by atoms with Crippen LogP contribution in [0.5, 0.6) is 0 Å².